The van der Waals surface area contributed by atoms with Crippen LogP contribution in [-0.4, -0.2) is 43.1 Å². The number of rotatable bonds is 9. The second kappa shape index (κ2) is 10.4. The van der Waals surface area contributed by atoms with E-state index in [1.165, 1.54) is 0 Å². The van der Waals surface area contributed by atoms with Crippen LogP contribution in [0.5, 0.6) is 0 Å². The van der Waals surface area contributed by atoms with Gasteiger partial charge in [0.1, 0.15) is 5.69 Å². The van der Waals surface area contributed by atoms with E-state index in [1.807, 2.05) is 66.7 Å². The Morgan fingerprint density at radius 3 is 2.42 bits per heavy atom. The maximum Gasteiger partial charge on any atom is 0.334 e. The molecule has 8 heteroatoms. The van der Waals surface area contributed by atoms with Crippen LogP contribution in [-0.2, 0) is 17.8 Å². The van der Waals surface area contributed by atoms with Crippen LogP contribution in [0, 0.1) is 0 Å². The van der Waals surface area contributed by atoms with Crippen molar-refractivity contribution in [1.82, 2.24) is 20.1 Å². The Bertz CT molecular complexity index is 1210. The average Bonchev–Trinajstić information content (AvgIpc) is 3.24. The molecule has 0 saturated heterocycles. The quantitative estimate of drug-likeness (QED) is 0.350. The second-order valence-electron chi connectivity index (χ2n) is 7.58. The number of pyridine rings is 1. The van der Waals surface area contributed by atoms with Crippen LogP contribution in [0.25, 0.3) is 17.1 Å². The number of carbonyl (C=O) groups is 1. The van der Waals surface area contributed by atoms with Gasteiger partial charge < -0.3 is 15.5 Å². The maximum absolute atomic E-state index is 11.5. The molecule has 33 heavy (non-hydrogen) atoms. The number of aliphatic carboxylic acids is 1. The monoisotopic (exact) mass is 462 g/mol. The molecule has 0 aliphatic carbocycles. The minimum absolute atomic E-state index is 0.281. The minimum atomic E-state index is -1.56. The first kappa shape index (κ1) is 22.7. The number of nitrogens with one attached hydrogen (secondary N) is 1. The summed E-state index contributed by atoms with van der Waals surface area (Å²) in [7, 11) is 0. The molecule has 2 heterocycles. The summed E-state index contributed by atoms with van der Waals surface area (Å²) < 4.78 is 1.61. The highest BCUT2D eigenvalue weighted by Crippen LogP contribution is 2.27. The lowest BCUT2D eigenvalue weighted by atomic mass is 10.0. The van der Waals surface area contributed by atoms with E-state index in [2.05, 4.69) is 15.4 Å². The van der Waals surface area contributed by atoms with Crippen molar-refractivity contribution in [2.24, 2.45) is 0 Å². The number of carboxylic acids is 1. The van der Waals surface area contributed by atoms with Gasteiger partial charge in [-0.3, -0.25) is 0 Å². The summed E-state index contributed by atoms with van der Waals surface area (Å²) in [6, 6.07) is 22.0. The van der Waals surface area contributed by atoms with Crippen molar-refractivity contribution in [3.8, 4) is 17.1 Å². The molecule has 2 unspecified atom stereocenters. The maximum atomic E-state index is 11.5. The number of aliphatic hydroxyl groups is 1. The van der Waals surface area contributed by atoms with Crippen molar-refractivity contribution >= 4 is 17.6 Å². The molecular formula is C25H23ClN4O3. The highest BCUT2D eigenvalue weighted by molar-refractivity contribution is 6.33. The van der Waals surface area contributed by atoms with Gasteiger partial charge in [0, 0.05) is 29.9 Å². The molecule has 0 radical (unpaired) electrons. The molecule has 3 N–H and O–H groups in total. The smallest absolute Gasteiger partial charge is 0.334 e. The van der Waals surface area contributed by atoms with Crippen molar-refractivity contribution in [1.29, 1.82) is 0 Å². The van der Waals surface area contributed by atoms with Crippen LogP contribution in [0.3, 0.4) is 0 Å². The van der Waals surface area contributed by atoms with Crippen molar-refractivity contribution in [3.63, 3.8) is 0 Å². The Morgan fingerprint density at radius 2 is 1.73 bits per heavy atom. The van der Waals surface area contributed by atoms with Gasteiger partial charge in [0.05, 0.1) is 11.2 Å². The zero-order chi connectivity index (χ0) is 23.2. The number of carboxylic acid groups (broad SMARTS) is 1. The fraction of sp³-hybridized carbons (Fsp3) is 0.160. The SMILES string of the molecule is O=C(O)C(O)C(Cc1ccccc1)NCc1cccnc1-n1cc(Cl)c(-c2ccccc2)n1. The van der Waals surface area contributed by atoms with Gasteiger partial charge in [0.15, 0.2) is 11.9 Å². The van der Waals surface area contributed by atoms with E-state index >= 15 is 0 Å². The summed E-state index contributed by atoms with van der Waals surface area (Å²) in [5, 5.41) is 27.9. The van der Waals surface area contributed by atoms with E-state index in [4.69, 9.17) is 11.6 Å². The number of hydrogen-bond acceptors (Lipinski definition) is 5. The first-order valence-electron chi connectivity index (χ1n) is 10.5. The Labute approximate surface area is 196 Å². The van der Waals surface area contributed by atoms with Gasteiger partial charge in [-0.05, 0) is 18.1 Å². The molecule has 0 aliphatic heterocycles. The molecule has 0 amide bonds. The van der Waals surface area contributed by atoms with Gasteiger partial charge in [-0.2, -0.15) is 5.10 Å². The van der Waals surface area contributed by atoms with Gasteiger partial charge in [-0.1, -0.05) is 78.3 Å². The molecule has 2 atom stereocenters. The molecule has 0 spiro atoms. The molecule has 4 aromatic rings. The third-order valence-corrected chi connectivity index (χ3v) is 5.57. The van der Waals surface area contributed by atoms with Crippen LogP contribution in [0.1, 0.15) is 11.1 Å². The summed E-state index contributed by atoms with van der Waals surface area (Å²) in [5.74, 6) is -0.710. The van der Waals surface area contributed by atoms with Crippen molar-refractivity contribution in [3.05, 3.63) is 101 Å². The Hall–Kier alpha value is -3.52. The zero-order valence-corrected chi connectivity index (χ0v) is 18.4. The number of benzene rings is 2. The largest absolute Gasteiger partial charge is 0.479 e. The van der Waals surface area contributed by atoms with Crippen LogP contribution >= 0.6 is 11.6 Å². The van der Waals surface area contributed by atoms with Crippen LogP contribution < -0.4 is 5.32 Å². The predicted octanol–water partition coefficient (Wildman–Crippen LogP) is 3.73. The van der Waals surface area contributed by atoms with Gasteiger partial charge in [0.2, 0.25) is 0 Å². The number of nitrogens with zero attached hydrogens (tertiary/aromatic N) is 3. The topological polar surface area (TPSA) is 100 Å². The van der Waals surface area contributed by atoms with E-state index in [0.717, 1.165) is 16.7 Å². The normalized spacial score (nSPS) is 12.9. The molecule has 2 aromatic heterocycles. The van der Waals surface area contributed by atoms with E-state index < -0.39 is 18.1 Å². The van der Waals surface area contributed by atoms with Gasteiger partial charge in [0.25, 0.3) is 0 Å². The van der Waals surface area contributed by atoms with Crippen molar-refractivity contribution in [2.45, 2.75) is 25.1 Å². The molecule has 168 valence electrons. The zero-order valence-electron chi connectivity index (χ0n) is 17.7. The number of aliphatic hydroxyl groups excluding tert-OH is 1. The Morgan fingerprint density at radius 1 is 1.03 bits per heavy atom. The molecule has 0 bridgehead atoms. The summed E-state index contributed by atoms with van der Waals surface area (Å²) in [6.07, 6.45) is 2.15. The first-order chi connectivity index (χ1) is 16.0. The molecule has 0 fully saturated rings. The fourth-order valence-corrected chi connectivity index (χ4v) is 3.84. The second-order valence-corrected chi connectivity index (χ2v) is 7.99. The Kier molecular flexibility index (Phi) is 7.14. The van der Waals surface area contributed by atoms with E-state index in [1.54, 1.807) is 23.1 Å². The Balaban J connectivity index is 1.58. The van der Waals surface area contributed by atoms with Crippen molar-refractivity contribution < 1.29 is 15.0 Å². The first-order valence-corrected chi connectivity index (χ1v) is 10.8. The lowest BCUT2D eigenvalue weighted by molar-refractivity contribution is -0.148. The number of aromatic nitrogens is 3. The van der Waals surface area contributed by atoms with Crippen LogP contribution in [0.2, 0.25) is 5.02 Å². The number of halogens is 1. The summed E-state index contributed by atoms with van der Waals surface area (Å²) >= 11 is 6.45. The third-order valence-electron chi connectivity index (χ3n) is 5.29. The third kappa shape index (κ3) is 5.46. The average molecular weight is 463 g/mol. The molecule has 0 saturated carbocycles. The van der Waals surface area contributed by atoms with E-state index in [0.29, 0.717) is 23.0 Å². The van der Waals surface area contributed by atoms with E-state index in [-0.39, 0.29) is 6.54 Å². The predicted molar refractivity (Wildman–Crippen MR) is 126 cm³/mol. The lowest BCUT2D eigenvalue weighted by Crippen LogP contribution is -2.45. The minimum Gasteiger partial charge on any atom is -0.479 e. The summed E-state index contributed by atoms with van der Waals surface area (Å²) in [6.45, 7) is 0.281. The molecule has 4 rings (SSSR count). The van der Waals surface area contributed by atoms with Crippen LogP contribution in [0.4, 0.5) is 0 Å². The van der Waals surface area contributed by atoms with Crippen LogP contribution in [0.15, 0.2) is 85.2 Å². The van der Waals surface area contributed by atoms with Crippen molar-refractivity contribution in [2.75, 3.05) is 0 Å². The number of hydrogen-bond donors (Lipinski definition) is 3. The molecule has 2 aromatic carbocycles. The standard InChI is InChI=1S/C25H23ClN4O3/c26-20-16-30(29-22(20)18-10-5-2-6-11-18)24-19(12-7-13-27-24)15-28-21(23(31)25(32)33)14-17-8-3-1-4-9-17/h1-13,16,21,23,28,31H,14-15H2,(H,32,33). The highest BCUT2D eigenvalue weighted by Gasteiger charge is 2.26. The van der Waals surface area contributed by atoms with Gasteiger partial charge >= 0.3 is 5.97 Å². The fourth-order valence-electron chi connectivity index (χ4n) is 3.60. The summed E-state index contributed by atoms with van der Waals surface area (Å²) in [4.78, 5) is 15.9. The summed E-state index contributed by atoms with van der Waals surface area (Å²) in [5.41, 5.74) is 3.24. The highest BCUT2D eigenvalue weighted by atomic mass is 35.5. The molecule has 0 aliphatic rings. The molecule has 7 nitrogen and oxygen atoms in total. The van der Waals surface area contributed by atoms with Gasteiger partial charge in [-0.25, -0.2) is 14.5 Å². The lowest BCUT2D eigenvalue weighted by Gasteiger charge is -2.22. The van der Waals surface area contributed by atoms with Gasteiger partial charge in [-0.15, -0.1) is 0 Å². The molecular weight excluding hydrogens is 440 g/mol. The van der Waals surface area contributed by atoms with E-state index in [9.17, 15) is 15.0 Å².